The number of rotatable bonds is 26. The van der Waals surface area contributed by atoms with Gasteiger partial charge in [-0.05, 0) is 79.3 Å². The number of ether oxygens (including phenoxy) is 7. The lowest BCUT2D eigenvalue weighted by molar-refractivity contribution is -0.160. The molecule has 1 unspecified atom stereocenters. The summed E-state index contributed by atoms with van der Waals surface area (Å²) in [4.78, 5) is 76.9. The number of amides is 5. The number of nitrogens with zero attached hydrogens (tertiary/aromatic N) is 1. The fourth-order valence-corrected chi connectivity index (χ4v) is 11.0. The van der Waals surface area contributed by atoms with Crippen molar-refractivity contribution >= 4 is 49.7 Å². The molecule has 0 bridgehead atoms. The number of imide groups is 2. The number of benzene rings is 1. The van der Waals surface area contributed by atoms with E-state index in [-0.39, 0.29) is 77.0 Å². The fraction of sp³-hybridized carbons (Fsp3) is 0.686. The van der Waals surface area contributed by atoms with Crippen LogP contribution in [0.5, 0.6) is 0 Å². The average molecular weight is 997 g/mol. The molecule has 1 aromatic rings. The molecule has 2 aliphatic carbocycles. The molecule has 2 fully saturated rings. The fourth-order valence-electron chi connectivity index (χ4n) is 9.61. The first-order valence-electron chi connectivity index (χ1n) is 25.1. The molecule has 0 radical (unpaired) electrons. The first-order valence-corrected chi connectivity index (χ1v) is 28.0. The van der Waals surface area contributed by atoms with E-state index >= 15 is 0 Å². The Morgan fingerprint density at radius 1 is 0.843 bits per heavy atom. The molecular weight excluding hydrogens is 921 g/mol. The second-order valence-corrected chi connectivity index (χ2v) is 25.2. The maximum atomic E-state index is 13.2. The number of allylic oxidation sites excluding steroid dienone is 3. The third-order valence-corrected chi connectivity index (χ3v) is 18.7. The lowest BCUT2D eigenvalue weighted by Gasteiger charge is -2.44. The minimum absolute atomic E-state index is 0.0555. The van der Waals surface area contributed by atoms with Gasteiger partial charge in [0.05, 0.1) is 89.7 Å². The summed E-state index contributed by atoms with van der Waals surface area (Å²) in [5, 5.41) is 8.26. The molecule has 70 heavy (non-hydrogen) atoms. The average Bonchev–Trinajstić information content (AvgIpc) is 3.54. The Morgan fingerprint density at radius 3 is 2.13 bits per heavy atom. The van der Waals surface area contributed by atoms with Crippen LogP contribution in [0.1, 0.15) is 100 Å². The van der Waals surface area contributed by atoms with Gasteiger partial charge in [0, 0.05) is 37.5 Å². The van der Waals surface area contributed by atoms with E-state index in [9.17, 15) is 28.8 Å². The van der Waals surface area contributed by atoms with Gasteiger partial charge in [0.25, 0.3) is 11.8 Å². The molecule has 18 nitrogen and oxygen atoms in total. The van der Waals surface area contributed by atoms with Crippen molar-refractivity contribution in [2.75, 3.05) is 84.5 Å². The number of nitrogens with one attached hydrogen (secondary N) is 3. The summed E-state index contributed by atoms with van der Waals surface area (Å²) < 4.78 is 46.7. The van der Waals surface area contributed by atoms with Crippen LogP contribution < -0.4 is 16.0 Å². The molecule has 0 saturated carbocycles. The molecule has 2 saturated heterocycles. The van der Waals surface area contributed by atoms with E-state index in [0.717, 1.165) is 24.2 Å². The van der Waals surface area contributed by atoms with Crippen LogP contribution in [0.2, 0.25) is 18.1 Å². The Bertz CT molecular complexity index is 2060. The van der Waals surface area contributed by atoms with Crippen LogP contribution in [0.15, 0.2) is 42.0 Å². The van der Waals surface area contributed by atoms with Crippen molar-refractivity contribution in [3.8, 4) is 0 Å². The molecule has 1 aromatic carbocycles. The monoisotopic (exact) mass is 997 g/mol. The number of piperidine rings is 1. The van der Waals surface area contributed by atoms with Gasteiger partial charge in [-0.1, -0.05) is 58.9 Å². The van der Waals surface area contributed by atoms with Gasteiger partial charge in [0.15, 0.2) is 8.32 Å². The lowest BCUT2D eigenvalue weighted by atomic mass is 9.65. The Balaban J connectivity index is 0.766. The van der Waals surface area contributed by atoms with Gasteiger partial charge < -0.3 is 48.2 Å². The number of carbonyl (C=O) groups excluding carboxylic acids is 6. The predicted octanol–water partition coefficient (Wildman–Crippen LogP) is 5.96. The van der Waals surface area contributed by atoms with Crippen molar-refractivity contribution in [2.45, 2.75) is 122 Å². The zero-order valence-electron chi connectivity index (χ0n) is 42.2. The number of hydrogen-bond donors (Lipinski definition) is 3. The van der Waals surface area contributed by atoms with E-state index < -0.39 is 44.1 Å². The third-order valence-electron chi connectivity index (χ3n) is 14.2. The molecule has 6 rings (SSSR count). The number of anilines is 1. The van der Waals surface area contributed by atoms with Gasteiger partial charge in [0.2, 0.25) is 11.8 Å². The van der Waals surface area contributed by atoms with Crippen LogP contribution in [-0.2, 0) is 52.0 Å². The van der Waals surface area contributed by atoms with Crippen LogP contribution in [0.4, 0.5) is 10.5 Å². The Kier molecular flexibility index (Phi) is 20.2. The number of esters is 1. The van der Waals surface area contributed by atoms with Gasteiger partial charge in [-0.3, -0.25) is 34.2 Å². The van der Waals surface area contributed by atoms with Gasteiger partial charge in [0.1, 0.15) is 18.2 Å². The van der Waals surface area contributed by atoms with Crippen molar-refractivity contribution in [1.82, 2.24) is 15.5 Å². The van der Waals surface area contributed by atoms with Crippen LogP contribution >= 0.6 is 0 Å². The predicted molar refractivity (Wildman–Crippen MR) is 262 cm³/mol. The van der Waals surface area contributed by atoms with Crippen LogP contribution in [0.3, 0.4) is 0 Å². The van der Waals surface area contributed by atoms with E-state index in [2.05, 4.69) is 81.9 Å². The molecule has 388 valence electrons. The Morgan fingerprint density at radius 2 is 1.49 bits per heavy atom. The second kappa shape index (κ2) is 25.7. The normalized spacial score (nSPS) is 25.8. The van der Waals surface area contributed by atoms with Crippen LogP contribution in [0.25, 0.3) is 0 Å². The SMILES string of the molecule is C[C@H]1C=C2C=C[C@H](C)[C@H](CC[C@@H]3C[C@@H](O[Si](C)(C)C(C)(C)C)CC(=O)O3)[C@H]2[C@@H](OC(=O)NCCOCCOCCOCCOCCOCCNc2cccc3c2C(=O)N(C2CCC(=O)NC2=O)C3=O)C1. The highest BCUT2D eigenvalue weighted by molar-refractivity contribution is 6.74. The summed E-state index contributed by atoms with van der Waals surface area (Å²) in [5.74, 6) is -1.54. The summed E-state index contributed by atoms with van der Waals surface area (Å²) >= 11 is 0. The number of carbonyl (C=O) groups is 6. The van der Waals surface area contributed by atoms with Crippen molar-refractivity contribution in [2.24, 2.45) is 23.7 Å². The number of fused-ring (bicyclic) bond motifs is 2. The van der Waals surface area contributed by atoms with E-state index in [0.29, 0.717) is 97.7 Å². The standard InChI is InChI=1S/C51H76N4O14Si/c1-33-29-35-12-11-34(2)38(14-13-36-31-37(32-44(57)67-36)69-70(6,7)51(3,4)5)45(35)42(30-33)68-50(61)53-18-20-63-22-24-65-26-28-66-27-25-64-23-21-62-19-17-52-40-10-8-9-39-46(40)49(60)55(48(39)59)41-15-16-43(56)54-47(41)58/h8-12,29,33-34,36-38,41-42,45,52H,13-28,30-32H2,1-7H3,(H,53,61)(H,54,56,58)/t33-,34-,36+,37+,38-,41?,42-,45-/m0/s1. The van der Waals surface area contributed by atoms with E-state index in [1.54, 1.807) is 18.2 Å². The maximum absolute atomic E-state index is 13.2. The Labute approximate surface area is 413 Å². The summed E-state index contributed by atoms with van der Waals surface area (Å²) in [6, 6.07) is 3.88. The van der Waals surface area contributed by atoms with E-state index in [4.69, 9.17) is 37.6 Å². The zero-order valence-corrected chi connectivity index (χ0v) is 43.2. The summed E-state index contributed by atoms with van der Waals surface area (Å²) in [6.07, 6.45) is 9.21. The number of cyclic esters (lactones) is 1. The smallest absolute Gasteiger partial charge is 0.407 e. The van der Waals surface area contributed by atoms with Crippen molar-refractivity contribution in [3.05, 3.63) is 53.1 Å². The van der Waals surface area contributed by atoms with E-state index in [1.807, 2.05) is 0 Å². The topological polar surface area (TPSA) is 216 Å². The highest BCUT2D eigenvalue weighted by Crippen LogP contribution is 2.46. The minimum atomic E-state index is -2.04. The summed E-state index contributed by atoms with van der Waals surface area (Å²) in [5.41, 5.74) is 2.09. The molecule has 5 aliphatic rings. The van der Waals surface area contributed by atoms with Gasteiger partial charge in [-0.25, -0.2) is 4.79 Å². The Hall–Kier alpha value is -4.50. The quantitative estimate of drug-likeness (QED) is 0.0423. The van der Waals surface area contributed by atoms with Gasteiger partial charge in [-0.15, -0.1) is 0 Å². The molecule has 5 amide bonds. The zero-order chi connectivity index (χ0) is 50.4. The molecule has 19 heteroatoms. The molecular formula is C51H76N4O14Si. The maximum Gasteiger partial charge on any atom is 0.407 e. The first kappa shape index (κ1) is 54.8. The van der Waals surface area contributed by atoms with Crippen LogP contribution in [-0.4, -0.2) is 152 Å². The number of alkyl carbamates (subject to hydrolysis) is 1. The highest BCUT2D eigenvalue weighted by atomic mass is 28.4. The number of hydrogen-bond acceptors (Lipinski definition) is 15. The minimum Gasteiger partial charge on any atom is -0.462 e. The van der Waals surface area contributed by atoms with Crippen LogP contribution in [0, 0.1) is 23.7 Å². The summed E-state index contributed by atoms with van der Waals surface area (Å²) in [7, 11) is -2.04. The highest BCUT2D eigenvalue weighted by Gasteiger charge is 2.47. The molecule has 0 aromatic heterocycles. The molecule has 0 spiro atoms. The largest absolute Gasteiger partial charge is 0.462 e. The van der Waals surface area contributed by atoms with E-state index in [1.165, 1.54) is 5.57 Å². The molecule has 8 atom stereocenters. The molecule has 3 aliphatic heterocycles. The van der Waals surface area contributed by atoms with Crippen molar-refractivity contribution < 1.29 is 66.4 Å². The lowest BCUT2D eigenvalue weighted by Crippen LogP contribution is -2.54. The van der Waals surface area contributed by atoms with Crippen molar-refractivity contribution in [1.29, 1.82) is 0 Å². The third kappa shape index (κ3) is 15.0. The second-order valence-electron chi connectivity index (χ2n) is 20.5. The van der Waals surface area contributed by atoms with Gasteiger partial charge in [-0.2, -0.15) is 0 Å². The summed E-state index contributed by atoms with van der Waals surface area (Å²) in [6.45, 7) is 19.8. The van der Waals surface area contributed by atoms with Gasteiger partial charge >= 0.3 is 12.1 Å². The molecule has 3 heterocycles. The first-order chi connectivity index (χ1) is 33.4. The van der Waals surface area contributed by atoms with Crippen molar-refractivity contribution in [3.63, 3.8) is 0 Å². The molecule has 3 N–H and O–H groups in total.